The summed E-state index contributed by atoms with van der Waals surface area (Å²) in [5.41, 5.74) is 2.47. The fourth-order valence-corrected chi connectivity index (χ4v) is 3.89. The van der Waals surface area contributed by atoms with Crippen molar-refractivity contribution in [3.63, 3.8) is 0 Å². The molecule has 0 bridgehead atoms. The zero-order valence-electron chi connectivity index (χ0n) is 18.8. The van der Waals surface area contributed by atoms with Gasteiger partial charge in [-0.1, -0.05) is 12.8 Å². The molecule has 0 atom stereocenters. The van der Waals surface area contributed by atoms with Gasteiger partial charge >= 0.3 is 0 Å². The third-order valence-electron chi connectivity index (χ3n) is 5.55. The molecular weight excluding hydrogens is 406 g/mol. The summed E-state index contributed by atoms with van der Waals surface area (Å²) in [6.07, 6.45) is 8.67. The van der Waals surface area contributed by atoms with Crippen molar-refractivity contribution in [2.75, 3.05) is 44.6 Å². The van der Waals surface area contributed by atoms with Crippen LogP contribution >= 0.6 is 0 Å². The second kappa shape index (κ2) is 10.2. The van der Waals surface area contributed by atoms with Crippen LogP contribution in [-0.2, 0) is 0 Å². The van der Waals surface area contributed by atoms with E-state index in [0.29, 0.717) is 23.2 Å². The molecule has 0 unspecified atom stereocenters. The van der Waals surface area contributed by atoms with Gasteiger partial charge in [-0.15, -0.1) is 0 Å². The number of nitrogens with one attached hydrogen (secondary N) is 1. The maximum atomic E-state index is 5.42. The SMILES string of the molecule is COc1cc(Nc2nccc(-c3ccc(N4CCCCCC4)nc3)n2)cc(OC)c1OC. The molecule has 0 amide bonds. The molecule has 1 aliphatic heterocycles. The van der Waals surface area contributed by atoms with E-state index in [2.05, 4.69) is 32.3 Å². The molecule has 3 heterocycles. The van der Waals surface area contributed by atoms with Crippen LogP contribution in [0.2, 0.25) is 0 Å². The van der Waals surface area contributed by atoms with Crippen molar-refractivity contribution in [3.05, 3.63) is 42.7 Å². The highest BCUT2D eigenvalue weighted by Gasteiger charge is 2.15. The highest BCUT2D eigenvalue weighted by atomic mass is 16.5. The van der Waals surface area contributed by atoms with Crippen LogP contribution in [0.3, 0.4) is 0 Å². The molecule has 2 aromatic heterocycles. The lowest BCUT2D eigenvalue weighted by atomic mass is 10.2. The van der Waals surface area contributed by atoms with Gasteiger partial charge in [0.1, 0.15) is 5.82 Å². The third-order valence-corrected chi connectivity index (χ3v) is 5.55. The first-order valence-corrected chi connectivity index (χ1v) is 10.8. The molecule has 1 aliphatic rings. The first-order valence-electron chi connectivity index (χ1n) is 10.8. The molecule has 1 fully saturated rings. The number of aromatic nitrogens is 3. The van der Waals surface area contributed by atoms with E-state index >= 15 is 0 Å². The van der Waals surface area contributed by atoms with Crippen LogP contribution in [0.25, 0.3) is 11.3 Å². The number of rotatable bonds is 7. The minimum absolute atomic E-state index is 0.466. The Kier molecular flexibility index (Phi) is 6.89. The van der Waals surface area contributed by atoms with Gasteiger partial charge in [0.25, 0.3) is 0 Å². The van der Waals surface area contributed by atoms with Crippen LogP contribution in [-0.4, -0.2) is 49.4 Å². The van der Waals surface area contributed by atoms with E-state index in [4.69, 9.17) is 19.2 Å². The van der Waals surface area contributed by atoms with E-state index in [9.17, 15) is 0 Å². The summed E-state index contributed by atoms with van der Waals surface area (Å²) in [7, 11) is 4.74. The van der Waals surface area contributed by atoms with E-state index in [1.54, 1.807) is 27.5 Å². The Morgan fingerprint density at radius 2 is 1.56 bits per heavy atom. The van der Waals surface area contributed by atoms with Gasteiger partial charge in [0.05, 0.1) is 27.0 Å². The van der Waals surface area contributed by atoms with Crippen molar-refractivity contribution in [3.8, 4) is 28.5 Å². The van der Waals surface area contributed by atoms with Crippen LogP contribution in [0.4, 0.5) is 17.5 Å². The molecule has 32 heavy (non-hydrogen) atoms. The lowest BCUT2D eigenvalue weighted by Crippen LogP contribution is -2.24. The van der Waals surface area contributed by atoms with Gasteiger partial charge in [-0.25, -0.2) is 15.0 Å². The van der Waals surface area contributed by atoms with Crippen molar-refractivity contribution >= 4 is 17.5 Å². The Bertz CT molecular complexity index is 1010. The van der Waals surface area contributed by atoms with Crippen molar-refractivity contribution in [2.45, 2.75) is 25.7 Å². The van der Waals surface area contributed by atoms with E-state index in [-0.39, 0.29) is 0 Å². The first kappa shape index (κ1) is 21.7. The van der Waals surface area contributed by atoms with Crippen LogP contribution in [0.15, 0.2) is 42.7 Å². The smallest absolute Gasteiger partial charge is 0.227 e. The molecule has 1 N–H and O–H groups in total. The second-order valence-electron chi connectivity index (χ2n) is 7.61. The van der Waals surface area contributed by atoms with Gasteiger partial charge in [-0.2, -0.15) is 0 Å². The van der Waals surface area contributed by atoms with E-state index in [0.717, 1.165) is 35.9 Å². The first-order chi connectivity index (χ1) is 15.7. The Hall–Kier alpha value is -3.55. The van der Waals surface area contributed by atoms with Gasteiger partial charge in [-0.3, -0.25) is 0 Å². The molecule has 3 aromatic rings. The summed E-state index contributed by atoms with van der Waals surface area (Å²) in [5, 5.41) is 3.22. The number of hydrogen-bond donors (Lipinski definition) is 1. The second-order valence-corrected chi connectivity index (χ2v) is 7.61. The van der Waals surface area contributed by atoms with Crippen molar-refractivity contribution in [1.82, 2.24) is 15.0 Å². The molecule has 1 saturated heterocycles. The molecule has 8 heteroatoms. The number of ether oxygens (including phenoxy) is 3. The van der Waals surface area contributed by atoms with Crippen molar-refractivity contribution < 1.29 is 14.2 Å². The summed E-state index contributed by atoms with van der Waals surface area (Å²) in [5.74, 6) is 3.14. The number of hydrogen-bond acceptors (Lipinski definition) is 8. The molecule has 0 saturated carbocycles. The average molecular weight is 436 g/mol. The van der Waals surface area contributed by atoms with Gasteiger partial charge in [0.15, 0.2) is 11.5 Å². The van der Waals surface area contributed by atoms with Crippen LogP contribution < -0.4 is 24.4 Å². The van der Waals surface area contributed by atoms with E-state index in [1.165, 1.54) is 25.7 Å². The minimum Gasteiger partial charge on any atom is -0.493 e. The summed E-state index contributed by atoms with van der Waals surface area (Å²) in [6.45, 7) is 2.14. The van der Waals surface area contributed by atoms with Crippen LogP contribution in [0.5, 0.6) is 17.2 Å². The molecular formula is C24H29N5O3. The maximum absolute atomic E-state index is 5.42. The fraction of sp³-hybridized carbons (Fsp3) is 0.375. The standard InChI is InChI=1S/C24H29N5O3/c1-30-20-14-18(15-21(31-2)23(20)32-3)27-24-25-11-10-19(28-24)17-8-9-22(26-16-17)29-12-6-4-5-7-13-29/h8-11,14-16H,4-7,12-13H2,1-3H3,(H,25,27,28). The zero-order chi connectivity index (χ0) is 22.3. The number of nitrogens with zero attached hydrogens (tertiary/aromatic N) is 4. The summed E-state index contributed by atoms with van der Waals surface area (Å²) >= 11 is 0. The highest BCUT2D eigenvalue weighted by molar-refractivity contribution is 5.67. The quantitative estimate of drug-likeness (QED) is 0.572. The third kappa shape index (κ3) is 4.85. The predicted molar refractivity (Wildman–Crippen MR) is 125 cm³/mol. The zero-order valence-corrected chi connectivity index (χ0v) is 18.8. The molecule has 8 nitrogen and oxygen atoms in total. The normalized spacial score (nSPS) is 13.9. The molecule has 0 spiro atoms. The van der Waals surface area contributed by atoms with Gasteiger partial charge < -0.3 is 24.4 Å². The topological polar surface area (TPSA) is 81.6 Å². The molecule has 4 rings (SSSR count). The largest absolute Gasteiger partial charge is 0.493 e. The average Bonchev–Trinajstić information content (AvgIpc) is 3.13. The summed E-state index contributed by atoms with van der Waals surface area (Å²) in [4.78, 5) is 16.1. The number of anilines is 3. The lowest BCUT2D eigenvalue weighted by Gasteiger charge is -2.21. The molecule has 0 radical (unpaired) electrons. The molecule has 1 aromatic carbocycles. The monoisotopic (exact) mass is 435 g/mol. The van der Waals surface area contributed by atoms with Gasteiger partial charge in [0, 0.05) is 48.9 Å². The number of methoxy groups -OCH3 is 3. The fourth-order valence-electron chi connectivity index (χ4n) is 3.89. The molecule has 0 aliphatic carbocycles. The number of benzene rings is 1. The lowest BCUT2D eigenvalue weighted by molar-refractivity contribution is 0.324. The van der Waals surface area contributed by atoms with Crippen molar-refractivity contribution in [2.24, 2.45) is 0 Å². The minimum atomic E-state index is 0.466. The van der Waals surface area contributed by atoms with E-state index in [1.807, 2.05) is 24.4 Å². The van der Waals surface area contributed by atoms with Crippen LogP contribution in [0.1, 0.15) is 25.7 Å². The van der Waals surface area contributed by atoms with Crippen molar-refractivity contribution in [1.29, 1.82) is 0 Å². The Labute approximate surface area is 188 Å². The Balaban J connectivity index is 1.54. The van der Waals surface area contributed by atoms with Gasteiger partial charge in [-0.05, 0) is 31.0 Å². The molecule has 168 valence electrons. The highest BCUT2D eigenvalue weighted by Crippen LogP contribution is 2.40. The maximum Gasteiger partial charge on any atom is 0.227 e. The predicted octanol–water partition coefficient (Wildman–Crippen LogP) is 4.69. The van der Waals surface area contributed by atoms with Crippen LogP contribution in [0, 0.1) is 0 Å². The van der Waals surface area contributed by atoms with E-state index < -0.39 is 0 Å². The summed E-state index contributed by atoms with van der Waals surface area (Å²) < 4.78 is 16.2. The Morgan fingerprint density at radius 3 is 2.16 bits per heavy atom. The number of pyridine rings is 1. The Morgan fingerprint density at radius 1 is 0.844 bits per heavy atom. The van der Waals surface area contributed by atoms with Gasteiger partial charge in [0.2, 0.25) is 11.7 Å². The summed E-state index contributed by atoms with van der Waals surface area (Å²) in [6, 6.07) is 9.65.